The van der Waals surface area contributed by atoms with Gasteiger partial charge in [0.1, 0.15) is 0 Å². The number of nitrogens with one attached hydrogen (secondary N) is 2. The van der Waals surface area contributed by atoms with Crippen molar-refractivity contribution < 1.29 is 13.2 Å². The van der Waals surface area contributed by atoms with Gasteiger partial charge >= 0.3 is 6.18 Å². The molecule has 0 radical (unpaired) electrons. The Balaban J connectivity index is 2.34. The quantitative estimate of drug-likeness (QED) is 0.678. The molecule has 0 aliphatic carbocycles. The van der Waals surface area contributed by atoms with E-state index >= 15 is 0 Å². The van der Waals surface area contributed by atoms with Gasteiger partial charge in [0.15, 0.2) is 0 Å². The highest BCUT2D eigenvalue weighted by atomic mass is 19.4. The Labute approximate surface area is 159 Å². The molecule has 2 N–H and O–H groups in total. The Bertz CT molecular complexity index is 722. The number of alkyl halides is 3. The largest absolute Gasteiger partial charge is 0.416 e. The van der Waals surface area contributed by atoms with E-state index in [0.29, 0.717) is 30.0 Å². The lowest BCUT2D eigenvalue weighted by Gasteiger charge is -2.17. The number of H-pyrrole nitrogens is 1. The number of aryl methyl sites for hydroxylation is 1. The van der Waals surface area contributed by atoms with Gasteiger partial charge in [-0.3, -0.25) is 10.00 Å². The number of hydrogen-bond acceptors (Lipinski definition) is 3. The van der Waals surface area contributed by atoms with Crippen molar-refractivity contribution in [3.05, 3.63) is 41.2 Å². The van der Waals surface area contributed by atoms with E-state index in [1.807, 2.05) is 20.2 Å². The number of halogens is 3. The maximum Gasteiger partial charge on any atom is 0.416 e. The van der Waals surface area contributed by atoms with Crippen molar-refractivity contribution in [3.63, 3.8) is 0 Å². The summed E-state index contributed by atoms with van der Waals surface area (Å²) < 4.78 is 40.2. The molecule has 0 atom stereocenters. The number of benzene rings is 1. The predicted molar refractivity (Wildman–Crippen MR) is 102 cm³/mol. The Morgan fingerprint density at radius 2 is 1.96 bits per heavy atom. The van der Waals surface area contributed by atoms with Crippen LogP contribution in [0.3, 0.4) is 0 Å². The zero-order chi connectivity index (χ0) is 20.0. The van der Waals surface area contributed by atoms with Gasteiger partial charge in [-0.15, -0.1) is 0 Å². The fourth-order valence-corrected chi connectivity index (χ4v) is 2.94. The Kier molecular flexibility index (Phi) is 7.44. The molecule has 1 heterocycles. The molecule has 150 valence electrons. The molecule has 2 rings (SSSR count). The van der Waals surface area contributed by atoms with Crippen molar-refractivity contribution in [2.24, 2.45) is 5.92 Å². The zero-order valence-corrected chi connectivity index (χ0v) is 16.5. The minimum Gasteiger partial charge on any atom is -0.318 e. The predicted octanol–water partition coefficient (Wildman–Crippen LogP) is 4.34. The molecule has 0 unspecified atom stereocenters. The van der Waals surface area contributed by atoms with Crippen LogP contribution in [0.5, 0.6) is 0 Å². The van der Waals surface area contributed by atoms with Crippen LogP contribution in [0.1, 0.15) is 37.1 Å². The van der Waals surface area contributed by atoms with Crippen LogP contribution in [-0.4, -0.2) is 42.3 Å². The Hall–Kier alpha value is -1.86. The molecule has 1 aromatic carbocycles. The molecular weight excluding hydrogens is 353 g/mol. The van der Waals surface area contributed by atoms with E-state index in [2.05, 4.69) is 34.3 Å². The normalized spacial score (nSPS) is 12.3. The maximum absolute atomic E-state index is 13.4. The first-order valence-corrected chi connectivity index (χ1v) is 9.28. The fraction of sp³-hybridized carbons (Fsp3) is 0.550. The summed E-state index contributed by atoms with van der Waals surface area (Å²) in [4.78, 5) is 2.09. The zero-order valence-electron chi connectivity index (χ0n) is 16.5. The second-order valence-corrected chi connectivity index (χ2v) is 7.44. The molecule has 0 spiro atoms. The number of likely N-dealkylation sites (N-methyl/N-ethyl adjacent to an activating group) is 2. The van der Waals surface area contributed by atoms with Crippen LogP contribution in [0, 0.1) is 5.92 Å². The summed E-state index contributed by atoms with van der Waals surface area (Å²) in [6, 6.07) is 4.35. The monoisotopic (exact) mass is 382 g/mol. The highest BCUT2D eigenvalue weighted by molar-refractivity contribution is 5.67. The Morgan fingerprint density at radius 1 is 1.22 bits per heavy atom. The molecule has 2 aromatic rings. The number of nitrogens with zero attached hydrogens (tertiary/aromatic N) is 2. The van der Waals surface area contributed by atoms with Crippen LogP contribution in [-0.2, 0) is 19.1 Å². The van der Waals surface area contributed by atoms with Crippen molar-refractivity contribution in [1.82, 2.24) is 20.4 Å². The minimum absolute atomic E-state index is 0.438. The van der Waals surface area contributed by atoms with E-state index in [9.17, 15) is 13.2 Å². The van der Waals surface area contributed by atoms with Crippen LogP contribution in [0.4, 0.5) is 13.2 Å². The molecule has 0 saturated carbocycles. The highest BCUT2D eigenvalue weighted by Crippen LogP contribution is 2.34. The maximum atomic E-state index is 13.4. The standard InChI is InChI=1S/C20H29F3N4/c1-14(2)5-6-15-9-16(11-17(10-15)20(21,22)23)18-12-25-26-19(18)13-27(4)8-7-24-3/h9-12,14,24H,5-8,13H2,1-4H3,(H,25,26). The van der Waals surface area contributed by atoms with Crippen molar-refractivity contribution in [2.45, 2.75) is 39.4 Å². The molecule has 0 saturated heterocycles. The SMILES string of the molecule is CNCCN(C)Cc1n[nH]cc1-c1cc(CCC(C)C)cc(C(F)(F)F)c1. The number of rotatable bonds is 9. The summed E-state index contributed by atoms with van der Waals surface area (Å²) >= 11 is 0. The first kappa shape index (κ1) is 21.4. The van der Waals surface area contributed by atoms with E-state index in [-0.39, 0.29) is 0 Å². The van der Waals surface area contributed by atoms with E-state index in [1.54, 1.807) is 6.20 Å². The van der Waals surface area contributed by atoms with Gasteiger partial charge < -0.3 is 5.32 Å². The average molecular weight is 382 g/mol. The van der Waals surface area contributed by atoms with Crippen LogP contribution < -0.4 is 5.32 Å². The smallest absolute Gasteiger partial charge is 0.318 e. The van der Waals surface area contributed by atoms with Crippen LogP contribution in [0.25, 0.3) is 11.1 Å². The molecule has 0 amide bonds. The van der Waals surface area contributed by atoms with Crippen molar-refractivity contribution in [2.75, 3.05) is 27.2 Å². The van der Waals surface area contributed by atoms with Gasteiger partial charge in [0.05, 0.1) is 11.3 Å². The first-order valence-electron chi connectivity index (χ1n) is 9.28. The molecule has 0 aliphatic rings. The molecule has 1 aromatic heterocycles. The lowest BCUT2D eigenvalue weighted by Crippen LogP contribution is -2.27. The van der Waals surface area contributed by atoms with Gasteiger partial charge in [0.2, 0.25) is 0 Å². The summed E-state index contributed by atoms with van der Waals surface area (Å²) in [5, 5.41) is 10.2. The van der Waals surface area contributed by atoms with Gasteiger partial charge in [-0.25, -0.2) is 0 Å². The second-order valence-electron chi connectivity index (χ2n) is 7.44. The molecule has 0 bridgehead atoms. The molecule has 7 heteroatoms. The molecular formula is C20H29F3N4. The molecule has 27 heavy (non-hydrogen) atoms. The molecule has 4 nitrogen and oxygen atoms in total. The summed E-state index contributed by atoms with van der Waals surface area (Å²) in [6.07, 6.45) is -1.20. The van der Waals surface area contributed by atoms with Gasteiger partial charge in [0, 0.05) is 31.4 Å². The molecule has 0 fully saturated rings. The van der Waals surface area contributed by atoms with E-state index < -0.39 is 11.7 Å². The third-order valence-corrected chi connectivity index (χ3v) is 4.52. The highest BCUT2D eigenvalue weighted by Gasteiger charge is 2.31. The van der Waals surface area contributed by atoms with Gasteiger partial charge in [0.25, 0.3) is 0 Å². The minimum atomic E-state index is -4.37. The van der Waals surface area contributed by atoms with E-state index in [0.717, 1.165) is 30.8 Å². The van der Waals surface area contributed by atoms with Crippen molar-refractivity contribution in [1.29, 1.82) is 0 Å². The summed E-state index contributed by atoms with van der Waals surface area (Å²) in [6.45, 7) is 6.37. The third kappa shape index (κ3) is 6.36. The fourth-order valence-electron chi connectivity index (χ4n) is 2.94. The summed E-state index contributed by atoms with van der Waals surface area (Å²) in [5.41, 5.74) is 2.15. The lowest BCUT2D eigenvalue weighted by atomic mass is 9.95. The average Bonchev–Trinajstić information content (AvgIpc) is 3.05. The first-order chi connectivity index (χ1) is 12.7. The van der Waals surface area contributed by atoms with E-state index in [1.165, 1.54) is 12.1 Å². The van der Waals surface area contributed by atoms with Crippen molar-refractivity contribution >= 4 is 0 Å². The number of aromatic nitrogens is 2. The third-order valence-electron chi connectivity index (χ3n) is 4.52. The van der Waals surface area contributed by atoms with Gasteiger partial charge in [-0.1, -0.05) is 19.9 Å². The van der Waals surface area contributed by atoms with Gasteiger partial charge in [-0.2, -0.15) is 18.3 Å². The topological polar surface area (TPSA) is 44.0 Å². The van der Waals surface area contributed by atoms with Crippen LogP contribution >= 0.6 is 0 Å². The second kappa shape index (κ2) is 9.37. The summed E-state index contributed by atoms with van der Waals surface area (Å²) in [7, 11) is 3.85. The van der Waals surface area contributed by atoms with Crippen LogP contribution in [0.15, 0.2) is 24.4 Å². The lowest BCUT2D eigenvalue weighted by molar-refractivity contribution is -0.137. The van der Waals surface area contributed by atoms with Crippen LogP contribution in [0.2, 0.25) is 0 Å². The number of hydrogen-bond donors (Lipinski definition) is 2. The summed E-state index contributed by atoms with van der Waals surface area (Å²) in [5.74, 6) is 0.438. The Morgan fingerprint density at radius 3 is 2.59 bits per heavy atom. The van der Waals surface area contributed by atoms with Gasteiger partial charge in [-0.05, 0) is 56.1 Å². The van der Waals surface area contributed by atoms with E-state index in [4.69, 9.17) is 0 Å². The number of aromatic amines is 1. The van der Waals surface area contributed by atoms with Crippen molar-refractivity contribution in [3.8, 4) is 11.1 Å². The molecule has 0 aliphatic heterocycles.